The summed E-state index contributed by atoms with van der Waals surface area (Å²) in [6.45, 7) is 1.81. The minimum absolute atomic E-state index is 0.135. The van der Waals surface area contributed by atoms with Gasteiger partial charge in [-0.05, 0) is 55.4 Å². The second-order valence-corrected chi connectivity index (χ2v) is 9.11. The summed E-state index contributed by atoms with van der Waals surface area (Å²) in [5, 5.41) is 19.7. The van der Waals surface area contributed by atoms with Crippen LogP contribution in [0.25, 0.3) is 5.65 Å². The van der Waals surface area contributed by atoms with Crippen molar-refractivity contribution in [1.29, 1.82) is 0 Å². The van der Waals surface area contributed by atoms with Crippen LogP contribution >= 0.6 is 0 Å². The Kier molecular flexibility index (Phi) is 5.77. The van der Waals surface area contributed by atoms with Crippen LogP contribution in [0, 0.1) is 6.92 Å². The van der Waals surface area contributed by atoms with E-state index in [9.17, 15) is 19.5 Å². The predicted molar refractivity (Wildman–Crippen MR) is 124 cm³/mol. The molecule has 176 valence electrons. The summed E-state index contributed by atoms with van der Waals surface area (Å²) in [5.74, 6) is -1.60. The number of nitrogens with one attached hydrogen (secondary N) is 2. The third-order valence-corrected chi connectivity index (χ3v) is 6.99. The minimum Gasteiger partial charge on any atom is -0.478 e. The highest BCUT2D eigenvalue weighted by Crippen LogP contribution is 2.35. The zero-order valence-electron chi connectivity index (χ0n) is 19.0. The largest absolute Gasteiger partial charge is 0.478 e. The summed E-state index contributed by atoms with van der Waals surface area (Å²) in [6, 6.07) is 6.41. The van der Waals surface area contributed by atoms with Crippen LogP contribution in [-0.2, 0) is 6.42 Å². The van der Waals surface area contributed by atoms with Gasteiger partial charge in [-0.25, -0.2) is 14.3 Å². The van der Waals surface area contributed by atoms with Crippen molar-refractivity contribution < 1.29 is 19.5 Å². The summed E-state index contributed by atoms with van der Waals surface area (Å²) in [4.78, 5) is 42.1. The monoisotopic (exact) mass is 461 g/mol. The molecule has 2 aliphatic rings. The Bertz CT molecular complexity index is 1290. The van der Waals surface area contributed by atoms with E-state index in [0.29, 0.717) is 18.5 Å². The Hall–Kier alpha value is -3.75. The molecule has 2 amide bonds. The quantitative estimate of drug-likeness (QED) is 0.536. The Balaban J connectivity index is 1.40. The van der Waals surface area contributed by atoms with Gasteiger partial charge in [-0.3, -0.25) is 9.59 Å². The molecule has 1 atom stereocenters. The van der Waals surface area contributed by atoms with Gasteiger partial charge in [0.25, 0.3) is 11.8 Å². The number of amides is 2. The molecule has 2 aliphatic carbocycles. The van der Waals surface area contributed by atoms with Gasteiger partial charge < -0.3 is 15.7 Å². The molecule has 0 bridgehead atoms. The zero-order chi connectivity index (χ0) is 23.8. The average molecular weight is 462 g/mol. The number of carboxylic acids is 1. The highest BCUT2D eigenvalue weighted by molar-refractivity contribution is 5.98. The highest BCUT2D eigenvalue weighted by Gasteiger charge is 2.29. The van der Waals surface area contributed by atoms with E-state index < -0.39 is 5.97 Å². The van der Waals surface area contributed by atoms with E-state index in [-0.39, 0.29) is 40.8 Å². The van der Waals surface area contributed by atoms with Crippen LogP contribution in [0.5, 0.6) is 0 Å². The first-order valence-corrected chi connectivity index (χ1v) is 11.7. The van der Waals surface area contributed by atoms with Crippen LogP contribution < -0.4 is 10.6 Å². The fourth-order valence-electron chi connectivity index (χ4n) is 5.19. The minimum atomic E-state index is -0.954. The lowest BCUT2D eigenvalue weighted by Gasteiger charge is -2.22. The lowest BCUT2D eigenvalue weighted by Crippen LogP contribution is -2.37. The topological polar surface area (TPSA) is 126 Å². The van der Waals surface area contributed by atoms with Crippen molar-refractivity contribution in [3.8, 4) is 0 Å². The average Bonchev–Trinajstić information content (AvgIpc) is 3.46. The van der Waals surface area contributed by atoms with E-state index in [1.807, 2.05) is 0 Å². The Labute approximate surface area is 196 Å². The van der Waals surface area contributed by atoms with E-state index in [0.717, 1.165) is 42.4 Å². The molecular weight excluding hydrogens is 434 g/mol. The molecule has 9 heteroatoms. The number of benzene rings is 1. The molecule has 3 N–H and O–H groups in total. The van der Waals surface area contributed by atoms with Gasteiger partial charge in [0.1, 0.15) is 11.4 Å². The number of carbonyl (C=O) groups is 3. The number of nitrogens with zero attached hydrogens (tertiary/aromatic N) is 3. The maximum absolute atomic E-state index is 13.3. The molecule has 1 fully saturated rings. The number of carbonyl (C=O) groups excluding carboxylic acids is 2. The smallest absolute Gasteiger partial charge is 0.335 e. The summed E-state index contributed by atoms with van der Waals surface area (Å²) in [7, 11) is 0. The molecule has 2 aromatic heterocycles. The SMILES string of the molecule is Cc1c(C(=O)O)ccc2c1CC[C@@H]2NC(=O)c1cc(C(=O)NC2CCCCC2)nc2ccnn12. The van der Waals surface area contributed by atoms with Gasteiger partial charge in [-0.15, -0.1) is 0 Å². The van der Waals surface area contributed by atoms with Crippen LogP contribution in [-0.4, -0.2) is 43.5 Å². The molecule has 2 heterocycles. The van der Waals surface area contributed by atoms with E-state index >= 15 is 0 Å². The van der Waals surface area contributed by atoms with Gasteiger partial charge in [-0.1, -0.05) is 25.3 Å². The lowest BCUT2D eigenvalue weighted by molar-refractivity contribution is 0.0695. The Morgan fingerprint density at radius 2 is 1.82 bits per heavy atom. The number of aromatic carboxylic acids is 1. The molecule has 0 spiro atoms. The number of hydrogen-bond acceptors (Lipinski definition) is 5. The van der Waals surface area contributed by atoms with Gasteiger partial charge in [0.2, 0.25) is 0 Å². The van der Waals surface area contributed by atoms with Crippen LogP contribution in [0.3, 0.4) is 0 Å². The van der Waals surface area contributed by atoms with Crippen molar-refractivity contribution in [1.82, 2.24) is 25.2 Å². The molecule has 1 saturated carbocycles. The number of carboxylic acid groups (broad SMARTS) is 1. The molecule has 1 aromatic carbocycles. The van der Waals surface area contributed by atoms with Crippen molar-refractivity contribution in [2.45, 2.75) is 64.0 Å². The molecule has 0 aliphatic heterocycles. The molecule has 0 saturated heterocycles. The molecular formula is C25H27N5O4. The Morgan fingerprint density at radius 1 is 1.03 bits per heavy atom. The second-order valence-electron chi connectivity index (χ2n) is 9.11. The Morgan fingerprint density at radius 3 is 2.59 bits per heavy atom. The van der Waals surface area contributed by atoms with Crippen molar-refractivity contribution in [3.63, 3.8) is 0 Å². The zero-order valence-corrected chi connectivity index (χ0v) is 19.0. The summed E-state index contributed by atoms with van der Waals surface area (Å²) in [5.41, 5.74) is 3.77. The molecule has 0 radical (unpaired) electrons. The standard InChI is InChI=1S/C25H27N5O4/c1-14-16-9-10-19(18(16)8-7-17(14)25(33)34)29-24(32)21-13-20(28-22-11-12-26-30(21)22)23(31)27-15-5-3-2-4-6-15/h7-8,11-13,15,19H,2-6,9-10H2,1H3,(H,27,31)(H,29,32)(H,33,34)/t19-/m0/s1. The number of fused-ring (bicyclic) bond motifs is 2. The van der Waals surface area contributed by atoms with E-state index in [1.54, 1.807) is 31.3 Å². The number of aromatic nitrogens is 3. The third-order valence-electron chi connectivity index (χ3n) is 6.99. The predicted octanol–water partition coefficient (Wildman–Crippen LogP) is 3.22. The van der Waals surface area contributed by atoms with Crippen molar-refractivity contribution in [2.75, 3.05) is 0 Å². The van der Waals surface area contributed by atoms with E-state index in [4.69, 9.17) is 0 Å². The van der Waals surface area contributed by atoms with Crippen LogP contribution in [0.2, 0.25) is 0 Å². The van der Waals surface area contributed by atoms with Crippen LogP contribution in [0.1, 0.15) is 92.6 Å². The van der Waals surface area contributed by atoms with Crippen LogP contribution in [0.4, 0.5) is 0 Å². The van der Waals surface area contributed by atoms with Crippen molar-refractivity contribution in [3.05, 3.63) is 64.1 Å². The second kappa shape index (κ2) is 8.89. The molecule has 5 rings (SSSR count). The van der Waals surface area contributed by atoms with Gasteiger partial charge >= 0.3 is 5.97 Å². The summed E-state index contributed by atoms with van der Waals surface area (Å²) >= 11 is 0. The summed E-state index contributed by atoms with van der Waals surface area (Å²) in [6.07, 6.45) is 8.22. The maximum atomic E-state index is 13.3. The molecule has 9 nitrogen and oxygen atoms in total. The summed E-state index contributed by atoms with van der Waals surface area (Å²) < 4.78 is 1.43. The highest BCUT2D eigenvalue weighted by atomic mass is 16.4. The molecule has 34 heavy (non-hydrogen) atoms. The fraction of sp³-hybridized carbons (Fsp3) is 0.400. The first-order chi connectivity index (χ1) is 16.4. The van der Waals surface area contributed by atoms with Crippen molar-refractivity contribution in [2.24, 2.45) is 0 Å². The first kappa shape index (κ1) is 22.1. The van der Waals surface area contributed by atoms with Gasteiger partial charge in [0.15, 0.2) is 5.65 Å². The maximum Gasteiger partial charge on any atom is 0.335 e. The first-order valence-electron chi connectivity index (χ1n) is 11.7. The number of rotatable bonds is 5. The number of hydrogen-bond donors (Lipinski definition) is 3. The van der Waals surface area contributed by atoms with Crippen LogP contribution in [0.15, 0.2) is 30.5 Å². The molecule has 0 unspecified atom stereocenters. The van der Waals surface area contributed by atoms with E-state index in [2.05, 4.69) is 20.7 Å². The van der Waals surface area contributed by atoms with Gasteiger partial charge in [0, 0.05) is 18.2 Å². The van der Waals surface area contributed by atoms with E-state index in [1.165, 1.54) is 17.0 Å². The molecule has 3 aromatic rings. The van der Waals surface area contributed by atoms with Gasteiger partial charge in [0.05, 0.1) is 17.8 Å². The fourth-order valence-corrected chi connectivity index (χ4v) is 5.19. The third kappa shape index (κ3) is 4.02. The van der Waals surface area contributed by atoms with Crippen molar-refractivity contribution >= 4 is 23.4 Å². The van der Waals surface area contributed by atoms with Gasteiger partial charge in [-0.2, -0.15) is 5.10 Å². The lowest BCUT2D eigenvalue weighted by atomic mass is 9.95. The normalized spacial score (nSPS) is 18.0.